The van der Waals surface area contributed by atoms with Gasteiger partial charge >= 0.3 is 0 Å². The SMILES string of the molecule is CSc1cccc(NC(=S)Nc2cccc(C#N)c2)c1. The molecule has 0 heterocycles. The third-order valence-electron chi connectivity index (χ3n) is 2.58. The minimum atomic E-state index is 0.498. The van der Waals surface area contributed by atoms with Crippen LogP contribution in [0.2, 0.25) is 0 Å². The second-order valence-corrected chi connectivity index (χ2v) is 5.29. The van der Waals surface area contributed by atoms with Crippen molar-refractivity contribution in [3.63, 3.8) is 0 Å². The van der Waals surface area contributed by atoms with Crippen molar-refractivity contribution in [3.8, 4) is 6.07 Å². The maximum atomic E-state index is 8.86. The van der Waals surface area contributed by atoms with Crippen molar-refractivity contribution >= 4 is 40.5 Å². The molecular formula is C15H13N3S2. The average Bonchev–Trinajstić information content (AvgIpc) is 2.47. The molecule has 3 nitrogen and oxygen atoms in total. The van der Waals surface area contributed by atoms with Gasteiger partial charge in [-0.1, -0.05) is 12.1 Å². The Balaban J connectivity index is 2.03. The minimum Gasteiger partial charge on any atom is -0.332 e. The van der Waals surface area contributed by atoms with Gasteiger partial charge in [-0.2, -0.15) is 5.26 Å². The van der Waals surface area contributed by atoms with E-state index in [-0.39, 0.29) is 0 Å². The van der Waals surface area contributed by atoms with Crippen molar-refractivity contribution in [3.05, 3.63) is 54.1 Å². The molecule has 0 spiro atoms. The molecule has 0 radical (unpaired) electrons. The molecule has 5 heteroatoms. The molecule has 20 heavy (non-hydrogen) atoms. The molecule has 2 aromatic carbocycles. The number of nitriles is 1. The molecule has 0 aliphatic carbocycles. The fraction of sp³-hybridized carbons (Fsp3) is 0.0667. The van der Waals surface area contributed by atoms with Crippen LogP contribution in [0, 0.1) is 11.3 Å². The van der Waals surface area contributed by atoms with E-state index in [4.69, 9.17) is 17.5 Å². The number of nitrogens with zero attached hydrogens (tertiary/aromatic N) is 1. The molecule has 0 fully saturated rings. The summed E-state index contributed by atoms with van der Waals surface area (Å²) in [7, 11) is 0. The quantitative estimate of drug-likeness (QED) is 0.660. The van der Waals surface area contributed by atoms with Gasteiger partial charge in [0.2, 0.25) is 0 Å². The highest BCUT2D eigenvalue weighted by atomic mass is 32.2. The van der Waals surface area contributed by atoms with E-state index in [2.05, 4.69) is 16.7 Å². The molecule has 2 aromatic rings. The molecule has 0 saturated heterocycles. The first-order valence-corrected chi connectivity index (χ1v) is 7.57. The smallest absolute Gasteiger partial charge is 0.175 e. The summed E-state index contributed by atoms with van der Waals surface area (Å²) in [4.78, 5) is 1.17. The summed E-state index contributed by atoms with van der Waals surface area (Å²) in [6.45, 7) is 0. The number of thioether (sulfide) groups is 1. The maximum Gasteiger partial charge on any atom is 0.175 e. The third-order valence-corrected chi connectivity index (χ3v) is 3.51. The highest BCUT2D eigenvalue weighted by molar-refractivity contribution is 7.98. The van der Waals surface area contributed by atoms with Crippen LogP contribution < -0.4 is 10.6 Å². The van der Waals surface area contributed by atoms with Gasteiger partial charge in [0.15, 0.2) is 5.11 Å². The van der Waals surface area contributed by atoms with Crippen molar-refractivity contribution in [2.24, 2.45) is 0 Å². The van der Waals surface area contributed by atoms with Gasteiger partial charge in [-0.25, -0.2) is 0 Å². The Hall–Kier alpha value is -2.03. The Morgan fingerprint density at radius 3 is 2.40 bits per heavy atom. The number of benzene rings is 2. The molecule has 0 saturated carbocycles. The first-order valence-electron chi connectivity index (χ1n) is 5.93. The first-order chi connectivity index (χ1) is 9.71. The maximum absolute atomic E-state index is 8.86. The molecule has 0 amide bonds. The van der Waals surface area contributed by atoms with Crippen LogP contribution in [0.15, 0.2) is 53.4 Å². The number of hydrogen-bond acceptors (Lipinski definition) is 3. The molecule has 0 atom stereocenters. The second-order valence-electron chi connectivity index (χ2n) is 4.00. The van der Waals surface area contributed by atoms with Crippen molar-refractivity contribution in [2.75, 3.05) is 16.9 Å². The van der Waals surface area contributed by atoms with Crippen LogP contribution in [0.25, 0.3) is 0 Å². The lowest BCUT2D eigenvalue weighted by atomic mass is 10.2. The van der Waals surface area contributed by atoms with Gasteiger partial charge in [0, 0.05) is 16.3 Å². The number of anilines is 2. The Bertz CT molecular complexity index is 662. The van der Waals surface area contributed by atoms with Gasteiger partial charge in [0.1, 0.15) is 0 Å². The minimum absolute atomic E-state index is 0.498. The largest absolute Gasteiger partial charge is 0.332 e. The van der Waals surface area contributed by atoms with E-state index in [1.165, 1.54) is 4.90 Å². The van der Waals surface area contributed by atoms with Crippen molar-refractivity contribution < 1.29 is 0 Å². The van der Waals surface area contributed by atoms with Crippen LogP contribution in [0.5, 0.6) is 0 Å². The zero-order valence-corrected chi connectivity index (χ0v) is 12.5. The van der Waals surface area contributed by atoms with Crippen molar-refractivity contribution in [2.45, 2.75) is 4.90 Å². The lowest BCUT2D eigenvalue weighted by Crippen LogP contribution is -2.19. The standard InChI is InChI=1S/C15H13N3S2/c1-20-14-7-3-6-13(9-14)18-15(19)17-12-5-2-4-11(8-12)10-16/h2-9H,1H3,(H2,17,18,19). The predicted molar refractivity (Wildman–Crippen MR) is 89.2 cm³/mol. The van der Waals surface area contributed by atoms with E-state index >= 15 is 0 Å². The first kappa shape index (κ1) is 14.4. The Labute approximate surface area is 128 Å². The van der Waals surface area contributed by atoms with Gasteiger partial charge in [0.25, 0.3) is 0 Å². The fourth-order valence-electron chi connectivity index (χ4n) is 1.66. The van der Waals surface area contributed by atoms with E-state index in [9.17, 15) is 0 Å². The molecule has 0 unspecified atom stereocenters. The summed E-state index contributed by atoms with van der Waals surface area (Å²) in [6, 6.07) is 17.3. The van der Waals surface area contributed by atoms with Crippen molar-refractivity contribution in [1.29, 1.82) is 5.26 Å². The Morgan fingerprint density at radius 1 is 1.10 bits per heavy atom. The van der Waals surface area contributed by atoms with E-state index in [1.807, 2.05) is 42.7 Å². The van der Waals surface area contributed by atoms with E-state index in [0.717, 1.165) is 11.4 Å². The van der Waals surface area contributed by atoms with Crippen LogP contribution in [-0.2, 0) is 0 Å². The van der Waals surface area contributed by atoms with Gasteiger partial charge in [0.05, 0.1) is 11.6 Å². The summed E-state index contributed by atoms with van der Waals surface area (Å²) in [5.41, 5.74) is 2.33. The van der Waals surface area contributed by atoms with E-state index in [0.29, 0.717) is 10.7 Å². The summed E-state index contributed by atoms with van der Waals surface area (Å²) in [5, 5.41) is 15.6. The van der Waals surface area contributed by atoms with Crippen LogP contribution in [0.1, 0.15) is 5.56 Å². The normalized spacial score (nSPS) is 9.60. The van der Waals surface area contributed by atoms with Crippen molar-refractivity contribution in [1.82, 2.24) is 0 Å². The summed E-state index contributed by atoms with van der Waals surface area (Å²) < 4.78 is 0. The van der Waals surface area contributed by atoms with E-state index < -0.39 is 0 Å². The third kappa shape index (κ3) is 3.98. The van der Waals surface area contributed by atoms with Gasteiger partial charge in [-0.15, -0.1) is 11.8 Å². The highest BCUT2D eigenvalue weighted by Crippen LogP contribution is 2.19. The molecule has 2 rings (SSSR count). The van der Waals surface area contributed by atoms with Gasteiger partial charge in [-0.05, 0) is 54.9 Å². The topological polar surface area (TPSA) is 47.8 Å². The number of thiocarbonyl (C=S) groups is 1. The Morgan fingerprint density at radius 2 is 1.75 bits per heavy atom. The van der Waals surface area contributed by atoms with Gasteiger partial charge < -0.3 is 10.6 Å². The van der Waals surface area contributed by atoms with E-state index in [1.54, 1.807) is 23.9 Å². The highest BCUT2D eigenvalue weighted by Gasteiger charge is 2.01. The number of nitrogens with one attached hydrogen (secondary N) is 2. The molecule has 0 aliphatic rings. The predicted octanol–water partition coefficient (Wildman–Crippen LogP) is 4.09. The number of hydrogen-bond donors (Lipinski definition) is 2. The zero-order valence-electron chi connectivity index (χ0n) is 10.9. The molecule has 2 N–H and O–H groups in total. The molecule has 100 valence electrons. The molecule has 0 bridgehead atoms. The summed E-state index contributed by atoms with van der Waals surface area (Å²) >= 11 is 6.94. The van der Waals surface area contributed by atoms with Crippen LogP contribution in [-0.4, -0.2) is 11.4 Å². The van der Waals surface area contributed by atoms with Crippen LogP contribution in [0.3, 0.4) is 0 Å². The van der Waals surface area contributed by atoms with Crippen LogP contribution in [0.4, 0.5) is 11.4 Å². The Kier molecular flexibility index (Phi) is 4.99. The number of rotatable bonds is 3. The zero-order chi connectivity index (χ0) is 14.4. The average molecular weight is 299 g/mol. The fourth-order valence-corrected chi connectivity index (χ4v) is 2.36. The second kappa shape index (κ2) is 6.94. The van der Waals surface area contributed by atoms with Gasteiger partial charge in [-0.3, -0.25) is 0 Å². The molecule has 0 aromatic heterocycles. The lowest BCUT2D eigenvalue weighted by Gasteiger charge is -2.11. The summed E-state index contributed by atoms with van der Waals surface area (Å²) in [6.07, 6.45) is 2.03. The van der Waals surface area contributed by atoms with Crippen LogP contribution >= 0.6 is 24.0 Å². The molecule has 0 aliphatic heterocycles. The molecular weight excluding hydrogens is 286 g/mol. The lowest BCUT2D eigenvalue weighted by molar-refractivity contribution is 1.45. The monoisotopic (exact) mass is 299 g/mol. The summed E-state index contributed by atoms with van der Waals surface area (Å²) in [5.74, 6) is 0.